The molecule has 0 bridgehead atoms. The zero-order chi connectivity index (χ0) is 21.0. The summed E-state index contributed by atoms with van der Waals surface area (Å²) in [5.41, 5.74) is 0.826. The molecule has 150 valence electrons. The van der Waals surface area contributed by atoms with Gasteiger partial charge in [0.2, 0.25) is 5.91 Å². The van der Waals surface area contributed by atoms with Gasteiger partial charge in [0.25, 0.3) is 11.5 Å². The van der Waals surface area contributed by atoms with Crippen molar-refractivity contribution in [1.82, 2.24) is 9.78 Å². The summed E-state index contributed by atoms with van der Waals surface area (Å²) in [5.74, 6) is -0.241. The largest absolute Gasteiger partial charge is 0.495 e. The molecule has 0 radical (unpaired) electrons. The van der Waals surface area contributed by atoms with E-state index in [0.717, 1.165) is 0 Å². The van der Waals surface area contributed by atoms with E-state index in [4.69, 9.17) is 4.74 Å². The van der Waals surface area contributed by atoms with Crippen molar-refractivity contribution in [2.45, 2.75) is 26.8 Å². The second kappa shape index (κ2) is 8.55. The van der Waals surface area contributed by atoms with Crippen molar-refractivity contribution in [3.05, 3.63) is 58.5 Å². The average molecular weight is 394 g/mol. The molecule has 1 heterocycles. The molecule has 0 saturated heterocycles. The number of carbonyl (C=O) groups excluding carboxylic acids is 2. The molecule has 3 rings (SSSR count). The lowest BCUT2D eigenvalue weighted by Crippen LogP contribution is -2.27. The molecule has 0 aliphatic carbocycles. The number of amides is 2. The van der Waals surface area contributed by atoms with Crippen LogP contribution in [0.1, 0.15) is 30.8 Å². The molecular weight excluding hydrogens is 372 g/mol. The van der Waals surface area contributed by atoms with Crippen molar-refractivity contribution in [1.29, 1.82) is 0 Å². The zero-order valence-corrected chi connectivity index (χ0v) is 16.5. The summed E-state index contributed by atoms with van der Waals surface area (Å²) >= 11 is 0. The van der Waals surface area contributed by atoms with Crippen LogP contribution in [-0.4, -0.2) is 28.7 Å². The first-order chi connectivity index (χ1) is 13.9. The first-order valence-electron chi connectivity index (χ1n) is 9.21. The fraction of sp³-hybridized carbons (Fsp3) is 0.238. The van der Waals surface area contributed by atoms with Crippen LogP contribution in [0.4, 0.5) is 11.4 Å². The quantitative estimate of drug-likeness (QED) is 0.669. The van der Waals surface area contributed by atoms with Crippen LogP contribution in [0.3, 0.4) is 0 Å². The molecule has 0 aliphatic rings. The Labute approximate surface area is 167 Å². The van der Waals surface area contributed by atoms with Crippen molar-refractivity contribution in [2.75, 3.05) is 17.7 Å². The summed E-state index contributed by atoms with van der Waals surface area (Å²) in [7, 11) is 1.49. The normalized spacial score (nSPS) is 10.6. The molecule has 0 fully saturated rings. The molecule has 8 nitrogen and oxygen atoms in total. The number of aromatic nitrogens is 2. The third-order valence-corrected chi connectivity index (χ3v) is 4.29. The highest BCUT2D eigenvalue weighted by Crippen LogP contribution is 2.28. The molecule has 0 aliphatic heterocycles. The number of benzene rings is 2. The van der Waals surface area contributed by atoms with E-state index in [-0.39, 0.29) is 17.2 Å². The lowest BCUT2D eigenvalue weighted by molar-refractivity contribution is -0.114. The highest BCUT2D eigenvalue weighted by atomic mass is 16.5. The minimum absolute atomic E-state index is 0.158. The average Bonchev–Trinajstić information content (AvgIpc) is 2.70. The van der Waals surface area contributed by atoms with E-state index in [1.54, 1.807) is 42.5 Å². The number of fused-ring (bicyclic) bond motifs is 1. The standard InChI is InChI=1S/C21H22N4O4/c1-4-11-25-21(28)16-8-6-5-7-15(16)19(24-25)20(27)23-14-9-10-18(29-3)17(12-14)22-13(2)26/h5-10,12H,4,11H2,1-3H3,(H,22,26)(H,23,27). The van der Waals surface area contributed by atoms with Gasteiger partial charge in [-0.3, -0.25) is 14.4 Å². The van der Waals surface area contributed by atoms with E-state index in [9.17, 15) is 14.4 Å². The molecule has 0 atom stereocenters. The number of aryl methyl sites for hydroxylation is 1. The van der Waals surface area contributed by atoms with E-state index < -0.39 is 5.91 Å². The van der Waals surface area contributed by atoms with E-state index in [2.05, 4.69) is 15.7 Å². The van der Waals surface area contributed by atoms with Gasteiger partial charge in [-0.2, -0.15) is 5.10 Å². The number of ether oxygens (including phenoxy) is 1. The Bertz CT molecular complexity index is 1140. The fourth-order valence-electron chi connectivity index (χ4n) is 3.03. The van der Waals surface area contributed by atoms with Gasteiger partial charge in [0.1, 0.15) is 5.75 Å². The topological polar surface area (TPSA) is 102 Å². The lowest BCUT2D eigenvalue weighted by Gasteiger charge is -2.13. The van der Waals surface area contributed by atoms with Gasteiger partial charge in [0.15, 0.2) is 5.69 Å². The zero-order valence-electron chi connectivity index (χ0n) is 16.5. The Morgan fingerprint density at radius 1 is 1.10 bits per heavy atom. The van der Waals surface area contributed by atoms with Crippen molar-refractivity contribution in [3.8, 4) is 5.75 Å². The summed E-state index contributed by atoms with van der Waals surface area (Å²) in [4.78, 5) is 37.0. The molecule has 0 unspecified atom stereocenters. The first kappa shape index (κ1) is 20.1. The number of anilines is 2. The van der Waals surface area contributed by atoms with Gasteiger partial charge in [-0.25, -0.2) is 4.68 Å². The van der Waals surface area contributed by atoms with Crippen LogP contribution in [0.15, 0.2) is 47.3 Å². The van der Waals surface area contributed by atoms with Gasteiger partial charge < -0.3 is 15.4 Å². The summed E-state index contributed by atoms with van der Waals surface area (Å²) in [5, 5.41) is 10.7. The van der Waals surface area contributed by atoms with Crippen LogP contribution in [0.5, 0.6) is 5.75 Å². The van der Waals surface area contributed by atoms with Crippen LogP contribution in [0.2, 0.25) is 0 Å². The molecule has 1 aromatic heterocycles. The molecule has 2 aromatic carbocycles. The summed E-state index contributed by atoms with van der Waals surface area (Å²) in [6.07, 6.45) is 0.713. The van der Waals surface area contributed by atoms with E-state index >= 15 is 0 Å². The first-order valence-corrected chi connectivity index (χ1v) is 9.21. The molecule has 0 spiro atoms. The third kappa shape index (κ3) is 4.26. The van der Waals surface area contributed by atoms with Crippen LogP contribution in [-0.2, 0) is 11.3 Å². The molecule has 29 heavy (non-hydrogen) atoms. The number of nitrogens with one attached hydrogen (secondary N) is 2. The fourth-order valence-corrected chi connectivity index (χ4v) is 3.03. The van der Waals surface area contributed by atoms with Crippen molar-refractivity contribution in [2.24, 2.45) is 0 Å². The minimum Gasteiger partial charge on any atom is -0.495 e. The van der Waals surface area contributed by atoms with Crippen LogP contribution >= 0.6 is 0 Å². The number of rotatable bonds is 6. The Morgan fingerprint density at radius 2 is 1.83 bits per heavy atom. The van der Waals surface area contributed by atoms with Gasteiger partial charge in [0, 0.05) is 24.5 Å². The van der Waals surface area contributed by atoms with E-state index in [0.29, 0.717) is 40.9 Å². The Kier molecular flexibility index (Phi) is 5.92. The number of methoxy groups -OCH3 is 1. The van der Waals surface area contributed by atoms with Crippen LogP contribution in [0, 0.1) is 0 Å². The van der Waals surface area contributed by atoms with Gasteiger partial charge in [-0.15, -0.1) is 0 Å². The van der Waals surface area contributed by atoms with Crippen molar-refractivity contribution >= 4 is 34.0 Å². The number of carbonyl (C=O) groups is 2. The Balaban J connectivity index is 2.01. The molecule has 8 heteroatoms. The highest BCUT2D eigenvalue weighted by Gasteiger charge is 2.17. The summed E-state index contributed by atoms with van der Waals surface area (Å²) in [6.45, 7) is 3.74. The predicted octanol–water partition coefficient (Wildman–Crippen LogP) is 3.03. The maximum Gasteiger partial charge on any atom is 0.276 e. The maximum atomic E-state index is 13.0. The lowest BCUT2D eigenvalue weighted by atomic mass is 10.1. The van der Waals surface area contributed by atoms with Gasteiger partial charge in [0.05, 0.1) is 18.2 Å². The summed E-state index contributed by atoms with van der Waals surface area (Å²) < 4.78 is 6.54. The molecule has 0 saturated carbocycles. The molecule has 2 N–H and O–H groups in total. The molecule has 2 amide bonds. The smallest absolute Gasteiger partial charge is 0.276 e. The Morgan fingerprint density at radius 3 is 2.48 bits per heavy atom. The second-order valence-electron chi connectivity index (χ2n) is 6.47. The maximum absolute atomic E-state index is 13.0. The van der Waals surface area contributed by atoms with Gasteiger partial charge in [-0.1, -0.05) is 25.1 Å². The number of hydrogen-bond donors (Lipinski definition) is 2. The van der Waals surface area contributed by atoms with E-state index in [1.165, 1.54) is 18.7 Å². The van der Waals surface area contributed by atoms with E-state index in [1.807, 2.05) is 6.92 Å². The minimum atomic E-state index is -0.454. The molecule has 3 aromatic rings. The third-order valence-electron chi connectivity index (χ3n) is 4.29. The number of nitrogens with zero attached hydrogens (tertiary/aromatic N) is 2. The van der Waals surface area contributed by atoms with Gasteiger partial charge >= 0.3 is 0 Å². The molecular formula is C21H22N4O4. The monoisotopic (exact) mass is 394 g/mol. The van der Waals surface area contributed by atoms with Crippen molar-refractivity contribution < 1.29 is 14.3 Å². The van der Waals surface area contributed by atoms with Crippen molar-refractivity contribution in [3.63, 3.8) is 0 Å². The highest BCUT2D eigenvalue weighted by molar-refractivity contribution is 6.11. The number of hydrogen-bond acceptors (Lipinski definition) is 5. The summed E-state index contributed by atoms with van der Waals surface area (Å²) in [6, 6.07) is 11.8. The van der Waals surface area contributed by atoms with Crippen LogP contribution < -0.4 is 20.9 Å². The van der Waals surface area contributed by atoms with Crippen LogP contribution in [0.25, 0.3) is 10.8 Å². The second-order valence-corrected chi connectivity index (χ2v) is 6.47. The SMILES string of the molecule is CCCn1nc(C(=O)Nc2ccc(OC)c(NC(C)=O)c2)c2ccccc2c1=O. The van der Waals surface area contributed by atoms with Gasteiger partial charge in [-0.05, 0) is 30.7 Å². The Hall–Kier alpha value is -3.68. The predicted molar refractivity (Wildman–Crippen MR) is 112 cm³/mol.